The molecule has 0 atom stereocenters. The molecule has 0 aromatic carbocycles. The lowest BCUT2D eigenvalue weighted by atomic mass is 10.3. The Labute approximate surface area is 125 Å². The number of methoxy groups -OCH3 is 1. The third kappa shape index (κ3) is 2.71. The normalized spacial score (nSPS) is 12.4. The number of ether oxygens (including phenoxy) is 1. The van der Waals surface area contributed by atoms with E-state index >= 15 is 0 Å². The molecule has 0 bridgehead atoms. The SMILES string of the molecule is COc1ncc2c(OS(=O)(=O)C(F)(F)F)nn(C)c2c1[N+](=O)[O-]. The summed E-state index contributed by atoms with van der Waals surface area (Å²) in [6, 6.07) is 0. The highest BCUT2D eigenvalue weighted by Gasteiger charge is 2.49. The van der Waals surface area contributed by atoms with Crippen LogP contribution in [0.1, 0.15) is 0 Å². The Hall–Kier alpha value is -2.64. The van der Waals surface area contributed by atoms with Gasteiger partial charge in [0, 0.05) is 13.2 Å². The molecule has 2 heterocycles. The van der Waals surface area contributed by atoms with Crippen LogP contribution in [0.3, 0.4) is 0 Å². The standard InChI is InChI=1S/C9H7F3N4O6S/c1-15-5-4(3-13-8(21-2)6(5)16(17)18)7(14-15)22-23(19,20)9(10,11)12/h3H,1-2H3. The van der Waals surface area contributed by atoms with E-state index in [9.17, 15) is 31.7 Å². The summed E-state index contributed by atoms with van der Waals surface area (Å²) in [6.07, 6.45) is 0.857. The van der Waals surface area contributed by atoms with Crippen LogP contribution in [-0.2, 0) is 17.2 Å². The monoisotopic (exact) mass is 356 g/mol. The summed E-state index contributed by atoms with van der Waals surface area (Å²) in [5, 5.41) is 14.1. The molecule has 0 spiro atoms. The number of hydrogen-bond acceptors (Lipinski definition) is 8. The second-order valence-corrected chi connectivity index (χ2v) is 5.59. The largest absolute Gasteiger partial charge is 0.534 e. The molecule has 0 amide bonds. The van der Waals surface area contributed by atoms with Crippen LogP contribution in [0.2, 0.25) is 0 Å². The Balaban J connectivity index is 2.71. The van der Waals surface area contributed by atoms with Gasteiger partial charge in [-0.3, -0.25) is 14.8 Å². The summed E-state index contributed by atoms with van der Waals surface area (Å²) in [5.74, 6) is -1.41. The van der Waals surface area contributed by atoms with Gasteiger partial charge in [-0.15, -0.1) is 5.10 Å². The Morgan fingerprint density at radius 2 is 1.96 bits per heavy atom. The number of alkyl halides is 3. The number of rotatable bonds is 4. The smallest absolute Gasteiger partial charge is 0.476 e. The van der Waals surface area contributed by atoms with Crippen LogP contribution in [0.15, 0.2) is 6.20 Å². The second kappa shape index (κ2) is 5.22. The van der Waals surface area contributed by atoms with Crippen molar-refractivity contribution in [2.45, 2.75) is 5.51 Å². The fourth-order valence-corrected chi connectivity index (χ4v) is 2.15. The van der Waals surface area contributed by atoms with Crippen molar-refractivity contribution in [3.63, 3.8) is 0 Å². The van der Waals surface area contributed by atoms with E-state index in [1.807, 2.05) is 0 Å². The summed E-state index contributed by atoms with van der Waals surface area (Å²) in [6.45, 7) is 0. The van der Waals surface area contributed by atoms with Gasteiger partial charge >= 0.3 is 21.3 Å². The zero-order valence-corrected chi connectivity index (χ0v) is 12.2. The molecule has 14 heteroatoms. The quantitative estimate of drug-likeness (QED) is 0.345. The van der Waals surface area contributed by atoms with E-state index in [4.69, 9.17) is 4.74 Å². The lowest BCUT2D eigenvalue weighted by molar-refractivity contribution is -0.384. The van der Waals surface area contributed by atoms with Gasteiger partial charge in [-0.05, 0) is 0 Å². The minimum Gasteiger partial charge on any atom is -0.476 e. The van der Waals surface area contributed by atoms with Gasteiger partial charge in [0.1, 0.15) is 0 Å². The molecule has 0 saturated heterocycles. The molecular weight excluding hydrogens is 349 g/mol. The van der Waals surface area contributed by atoms with Gasteiger partial charge in [-0.25, -0.2) is 4.98 Å². The molecular formula is C9H7F3N4O6S. The molecule has 0 unspecified atom stereocenters. The molecule has 0 saturated carbocycles. The predicted octanol–water partition coefficient (Wildman–Crippen LogP) is 1.11. The van der Waals surface area contributed by atoms with E-state index in [0.717, 1.165) is 25.0 Å². The van der Waals surface area contributed by atoms with E-state index in [1.54, 1.807) is 0 Å². The van der Waals surface area contributed by atoms with E-state index in [0.29, 0.717) is 0 Å². The Kier molecular flexibility index (Phi) is 3.80. The van der Waals surface area contributed by atoms with Crippen LogP contribution < -0.4 is 8.92 Å². The van der Waals surface area contributed by atoms with Crippen molar-refractivity contribution >= 4 is 26.7 Å². The van der Waals surface area contributed by atoms with Gasteiger partial charge in [-0.2, -0.15) is 21.6 Å². The first-order chi connectivity index (χ1) is 10.5. The number of fused-ring (bicyclic) bond motifs is 1. The van der Waals surface area contributed by atoms with Crippen LogP contribution >= 0.6 is 0 Å². The molecule has 0 aliphatic rings. The molecule has 0 aliphatic heterocycles. The molecule has 2 rings (SSSR count). The summed E-state index contributed by atoms with van der Waals surface area (Å²) in [5.41, 5.74) is -6.68. The van der Waals surface area contributed by atoms with Crippen LogP contribution in [0.5, 0.6) is 11.8 Å². The fourth-order valence-electron chi connectivity index (χ4n) is 1.73. The number of pyridine rings is 1. The molecule has 0 fully saturated rings. The number of nitrogens with zero attached hydrogens (tertiary/aromatic N) is 4. The van der Waals surface area contributed by atoms with E-state index in [-0.39, 0.29) is 5.52 Å². The van der Waals surface area contributed by atoms with Crippen LogP contribution in [-0.4, -0.2) is 40.7 Å². The lowest BCUT2D eigenvalue weighted by Gasteiger charge is -2.07. The molecule has 0 radical (unpaired) electrons. The van der Waals surface area contributed by atoms with Gasteiger partial charge < -0.3 is 8.92 Å². The summed E-state index contributed by atoms with van der Waals surface area (Å²) >= 11 is 0. The Bertz CT molecular complexity index is 891. The van der Waals surface area contributed by atoms with Crippen molar-refractivity contribution in [1.29, 1.82) is 0 Å². The average Bonchev–Trinajstić information content (AvgIpc) is 2.72. The maximum Gasteiger partial charge on any atom is 0.534 e. The number of aromatic nitrogens is 3. The third-order valence-corrected chi connectivity index (χ3v) is 3.58. The van der Waals surface area contributed by atoms with Gasteiger partial charge in [0.25, 0.3) is 11.8 Å². The highest BCUT2D eigenvalue weighted by Crippen LogP contribution is 2.38. The van der Waals surface area contributed by atoms with Crippen molar-refractivity contribution in [2.75, 3.05) is 7.11 Å². The van der Waals surface area contributed by atoms with Crippen molar-refractivity contribution in [2.24, 2.45) is 7.05 Å². The fraction of sp³-hybridized carbons (Fsp3) is 0.333. The first kappa shape index (κ1) is 16.7. The molecule has 126 valence electrons. The van der Waals surface area contributed by atoms with Crippen LogP contribution in [0.25, 0.3) is 10.9 Å². The number of nitro groups is 1. The Morgan fingerprint density at radius 1 is 1.35 bits per heavy atom. The highest BCUT2D eigenvalue weighted by atomic mass is 32.2. The van der Waals surface area contributed by atoms with Crippen molar-refractivity contribution in [3.8, 4) is 11.8 Å². The van der Waals surface area contributed by atoms with E-state index in [2.05, 4.69) is 14.3 Å². The number of halogens is 3. The maximum absolute atomic E-state index is 12.4. The highest BCUT2D eigenvalue weighted by molar-refractivity contribution is 7.88. The van der Waals surface area contributed by atoms with Crippen molar-refractivity contribution in [1.82, 2.24) is 14.8 Å². The zero-order valence-electron chi connectivity index (χ0n) is 11.4. The summed E-state index contributed by atoms with van der Waals surface area (Å²) < 4.78 is 68.6. The average molecular weight is 356 g/mol. The first-order valence-corrected chi connectivity index (χ1v) is 6.95. The third-order valence-electron chi connectivity index (χ3n) is 2.64. The Morgan fingerprint density at radius 3 is 2.43 bits per heavy atom. The molecule has 23 heavy (non-hydrogen) atoms. The number of hydrogen-bond donors (Lipinski definition) is 0. The predicted molar refractivity (Wildman–Crippen MR) is 67.3 cm³/mol. The minimum atomic E-state index is -5.98. The molecule has 2 aromatic heterocycles. The maximum atomic E-state index is 12.4. The lowest BCUT2D eigenvalue weighted by Crippen LogP contribution is -2.28. The van der Waals surface area contributed by atoms with E-state index < -0.39 is 43.4 Å². The minimum absolute atomic E-state index is 0.311. The molecule has 0 N–H and O–H groups in total. The van der Waals surface area contributed by atoms with Gasteiger partial charge in [0.05, 0.1) is 17.4 Å². The van der Waals surface area contributed by atoms with Gasteiger partial charge in [0.2, 0.25) is 0 Å². The van der Waals surface area contributed by atoms with Crippen LogP contribution in [0, 0.1) is 10.1 Å². The molecule has 10 nitrogen and oxygen atoms in total. The van der Waals surface area contributed by atoms with Gasteiger partial charge in [0.15, 0.2) is 5.52 Å². The summed E-state index contributed by atoms with van der Waals surface area (Å²) in [7, 11) is -3.73. The topological polar surface area (TPSA) is 126 Å². The zero-order chi connectivity index (χ0) is 17.6. The van der Waals surface area contributed by atoms with Crippen molar-refractivity contribution in [3.05, 3.63) is 16.3 Å². The molecule has 2 aromatic rings. The second-order valence-electron chi connectivity index (χ2n) is 4.05. The number of aryl methyl sites for hydroxylation is 1. The van der Waals surface area contributed by atoms with Gasteiger partial charge in [-0.1, -0.05) is 0 Å². The molecule has 0 aliphatic carbocycles. The first-order valence-electron chi connectivity index (χ1n) is 5.54. The van der Waals surface area contributed by atoms with Crippen LogP contribution in [0.4, 0.5) is 18.9 Å². The van der Waals surface area contributed by atoms with E-state index in [1.165, 1.54) is 0 Å². The summed E-state index contributed by atoms with van der Waals surface area (Å²) in [4.78, 5) is 13.8. The van der Waals surface area contributed by atoms with Crippen molar-refractivity contribution < 1.29 is 35.4 Å².